The Morgan fingerprint density at radius 2 is 2.27 bits per heavy atom. The van der Waals surface area contributed by atoms with Crippen molar-refractivity contribution in [3.63, 3.8) is 0 Å². The second-order valence-corrected chi connectivity index (χ2v) is 3.53. The Morgan fingerprint density at radius 3 is 2.93 bits per heavy atom. The van der Waals surface area contributed by atoms with Crippen LogP contribution in [0.4, 0.5) is 0 Å². The number of hydrogen-bond acceptors (Lipinski definition) is 2. The summed E-state index contributed by atoms with van der Waals surface area (Å²) in [6.45, 7) is 0.882. The third-order valence-corrected chi connectivity index (χ3v) is 2.27. The molecule has 0 fully saturated rings. The van der Waals surface area contributed by atoms with Gasteiger partial charge in [-0.05, 0) is 24.7 Å². The van der Waals surface area contributed by atoms with Crippen LogP contribution in [0, 0.1) is 11.8 Å². The Hall–Kier alpha value is -1.01. The van der Waals surface area contributed by atoms with Gasteiger partial charge in [0.25, 0.3) is 0 Å². The van der Waals surface area contributed by atoms with Crippen LogP contribution in [-0.4, -0.2) is 18.7 Å². The maximum Gasteiger partial charge on any atom is 0.0682 e. The Balaban J connectivity index is 2.77. The Labute approximate surface area is 95.3 Å². The fourth-order valence-electron chi connectivity index (χ4n) is 1.11. The molecule has 0 saturated carbocycles. The molecule has 0 aliphatic carbocycles. The topological polar surface area (TPSA) is 32.3 Å². The van der Waals surface area contributed by atoms with Crippen LogP contribution in [0.1, 0.15) is 17.5 Å². The summed E-state index contributed by atoms with van der Waals surface area (Å²) in [5, 5.41) is 12.6. The van der Waals surface area contributed by atoms with Crippen molar-refractivity contribution in [1.29, 1.82) is 0 Å². The Kier molecular flexibility index (Phi) is 5.20. The largest absolute Gasteiger partial charge is 0.392 e. The van der Waals surface area contributed by atoms with Gasteiger partial charge in [0.1, 0.15) is 0 Å². The minimum Gasteiger partial charge on any atom is -0.392 e. The highest BCUT2D eigenvalue weighted by Gasteiger charge is 1.98. The average Bonchev–Trinajstić information content (AvgIpc) is 2.26. The van der Waals surface area contributed by atoms with Crippen molar-refractivity contribution in [3.05, 3.63) is 34.3 Å². The Morgan fingerprint density at radius 1 is 1.47 bits per heavy atom. The summed E-state index contributed by atoms with van der Waals surface area (Å²) in [5.41, 5.74) is 1.61. The van der Waals surface area contributed by atoms with Crippen molar-refractivity contribution >= 4 is 11.6 Å². The van der Waals surface area contributed by atoms with Gasteiger partial charge in [0.15, 0.2) is 0 Å². The van der Waals surface area contributed by atoms with E-state index in [9.17, 15) is 0 Å². The van der Waals surface area contributed by atoms with Crippen LogP contribution >= 0.6 is 11.6 Å². The summed E-state index contributed by atoms with van der Waals surface area (Å²) in [6.07, 6.45) is 0.788. The molecule has 1 aromatic rings. The van der Waals surface area contributed by atoms with Gasteiger partial charge in [-0.3, -0.25) is 0 Å². The average molecular weight is 224 g/mol. The molecule has 0 aromatic heterocycles. The predicted octanol–water partition coefficient (Wildman–Crippen LogP) is 1.79. The highest BCUT2D eigenvalue weighted by Crippen LogP contribution is 2.16. The second kappa shape index (κ2) is 6.47. The van der Waals surface area contributed by atoms with E-state index < -0.39 is 0 Å². The van der Waals surface area contributed by atoms with Crippen LogP contribution in [0.2, 0.25) is 5.02 Å². The molecule has 0 heterocycles. The van der Waals surface area contributed by atoms with Gasteiger partial charge in [-0.15, -0.1) is 0 Å². The molecule has 0 unspecified atom stereocenters. The Bertz CT molecular complexity index is 379. The van der Waals surface area contributed by atoms with Crippen LogP contribution in [0.25, 0.3) is 0 Å². The molecule has 0 bridgehead atoms. The van der Waals surface area contributed by atoms with Gasteiger partial charge in [-0.25, -0.2) is 0 Å². The molecular weight excluding hydrogens is 210 g/mol. The summed E-state index contributed by atoms with van der Waals surface area (Å²) in [7, 11) is 1.89. The minimum atomic E-state index is 0.0162. The van der Waals surface area contributed by atoms with Crippen LogP contribution < -0.4 is 5.32 Å². The molecule has 2 nitrogen and oxygen atoms in total. The monoisotopic (exact) mass is 223 g/mol. The first-order valence-corrected chi connectivity index (χ1v) is 5.18. The zero-order valence-electron chi connectivity index (χ0n) is 8.68. The van der Waals surface area contributed by atoms with E-state index in [4.69, 9.17) is 16.7 Å². The summed E-state index contributed by atoms with van der Waals surface area (Å²) < 4.78 is 0. The maximum absolute atomic E-state index is 8.96. The number of halogens is 1. The van der Waals surface area contributed by atoms with Crippen LogP contribution in [0.15, 0.2) is 18.2 Å². The highest BCUT2D eigenvalue weighted by molar-refractivity contribution is 6.31. The van der Waals surface area contributed by atoms with Crippen LogP contribution in [-0.2, 0) is 6.61 Å². The maximum atomic E-state index is 8.96. The van der Waals surface area contributed by atoms with E-state index in [1.807, 2.05) is 13.1 Å². The van der Waals surface area contributed by atoms with Crippen molar-refractivity contribution in [2.45, 2.75) is 13.0 Å². The third-order valence-electron chi connectivity index (χ3n) is 1.94. The van der Waals surface area contributed by atoms with Gasteiger partial charge < -0.3 is 10.4 Å². The van der Waals surface area contributed by atoms with E-state index in [0.717, 1.165) is 24.1 Å². The van der Waals surface area contributed by atoms with Gasteiger partial charge in [0, 0.05) is 18.5 Å². The summed E-state index contributed by atoms with van der Waals surface area (Å²) in [4.78, 5) is 0. The second-order valence-electron chi connectivity index (χ2n) is 3.13. The molecule has 15 heavy (non-hydrogen) atoms. The number of hydrogen-bond donors (Lipinski definition) is 2. The standard InChI is InChI=1S/C12H14ClNO/c1-14-7-3-2-4-11-8-10(9-15)5-6-12(11)13/h5-6,8,14-15H,3,7,9H2,1H3. The molecule has 0 saturated heterocycles. The summed E-state index contributed by atoms with van der Waals surface area (Å²) >= 11 is 5.97. The lowest BCUT2D eigenvalue weighted by Gasteiger charge is -1.99. The first kappa shape index (κ1) is 12.1. The van der Waals surface area contributed by atoms with Crippen molar-refractivity contribution in [2.24, 2.45) is 0 Å². The number of benzene rings is 1. The SMILES string of the molecule is CNCCC#Cc1cc(CO)ccc1Cl. The van der Waals surface area contributed by atoms with Crippen molar-refractivity contribution in [1.82, 2.24) is 5.32 Å². The highest BCUT2D eigenvalue weighted by atomic mass is 35.5. The fourth-order valence-corrected chi connectivity index (χ4v) is 1.28. The van der Waals surface area contributed by atoms with Gasteiger partial charge in [0.2, 0.25) is 0 Å². The smallest absolute Gasteiger partial charge is 0.0682 e. The number of rotatable bonds is 3. The lowest BCUT2D eigenvalue weighted by atomic mass is 10.1. The molecule has 1 rings (SSSR count). The van der Waals surface area contributed by atoms with E-state index >= 15 is 0 Å². The summed E-state index contributed by atoms with van der Waals surface area (Å²) in [6, 6.07) is 5.37. The molecular formula is C12H14ClNO. The lowest BCUT2D eigenvalue weighted by Crippen LogP contribution is -2.05. The number of aliphatic hydroxyl groups excluding tert-OH is 1. The van der Waals surface area contributed by atoms with E-state index in [-0.39, 0.29) is 6.61 Å². The molecule has 1 aromatic carbocycles. The normalized spacial score (nSPS) is 9.53. The van der Waals surface area contributed by atoms with Crippen molar-refractivity contribution in [2.75, 3.05) is 13.6 Å². The zero-order valence-corrected chi connectivity index (χ0v) is 9.43. The molecule has 0 radical (unpaired) electrons. The van der Waals surface area contributed by atoms with E-state index in [1.165, 1.54) is 0 Å². The third kappa shape index (κ3) is 3.93. The minimum absolute atomic E-state index is 0.0162. The molecule has 0 atom stereocenters. The van der Waals surface area contributed by atoms with Gasteiger partial charge in [0.05, 0.1) is 11.6 Å². The van der Waals surface area contributed by atoms with Gasteiger partial charge in [-0.2, -0.15) is 0 Å². The lowest BCUT2D eigenvalue weighted by molar-refractivity contribution is 0.282. The number of aliphatic hydroxyl groups is 1. The van der Waals surface area contributed by atoms with E-state index in [0.29, 0.717) is 5.02 Å². The molecule has 80 valence electrons. The number of nitrogens with one attached hydrogen (secondary N) is 1. The van der Waals surface area contributed by atoms with Crippen LogP contribution in [0.5, 0.6) is 0 Å². The van der Waals surface area contributed by atoms with Crippen molar-refractivity contribution in [3.8, 4) is 11.8 Å². The zero-order chi connectivity index (χ0) is 11.1. The molecule has 0 aliphatic heterocycles. The fraction of sp³-hybridized carbons (Fsp3) is 0.333. The van der Waals surface area contributed by atoms with Crippen LogP contribution in [0.3, 0.4) is 0 Å². The first-order chi connectivity index (χ1) is 7.27. The molecule has 2 N–H and O–H groups in total. The molecule has 0 aliphatic rings. The first-order valence-electron chi connectivity index (χ1n) is 4.80. The van der Waals surface area contributed by atoms with E-state index in [1.54, 1.807) is 12.1 Å². The summed E-state index contributed by atoms with van der Waals surface area (Å²) in [5.74, 6) is 6.01. The molecule has 0 amide bonds. The van der Waals surface area contributed by atoms with Crippen molar-refractivity contribution < 1.29 is 5.11 Å². The van der Waals surface area contributed by atoms with Gasteiger partial charge >= 0.3 is 0 Å². The quantitative estimate of drug-likeness (QED) is 0.605. The van der Waals surface area contributed by atoms with E-state index in [2.05, 4.69) is 17.2 Å². The predicted molar refractivity (Wildman–Crippen MR) is 62.8 cm³/mol. The molecule has 3 heteroatoms. The van der Waals surface area contributed by atoms with Gasteiger partial charge in [-0.1, -0.05) is 29.5 Å². The molecule has 0 spiro atoms.